The Labute approximate surface area is 93.7 Å². The van der Waals surface area contributed by atoms with Crippen molar-refractivity contribution in [2.24, 2.45) is 0 Å². The fourth-order valence-corrected chi connectivity index (χ4v) is 2.91. The molecule has 0 aliphatic carbocycles. The van der Waals surface area contributed by atoms with Gasteiger partial charge in [-0.2, -0.15) is 4.98 Å². The van der Waals surface area contributed by atoms with E-state index in [1.807, 2.05) is 0 Å². The van der Waals surface area contributed by atoms with Crippen molar-refractivity contribution in [2.75, 3.05) is 17.9 Å². The highest BCUT2D eigenvalue weighted by atomic mass is 32.2. The van der Waals surface area contributed by atoms with Gasteiger partial charge in [-0.05, 0) is 19.8 Å². The maximum absolute atomic E-state index is 11.9. The molecule has 1 fully saturated rings. The van der Waals surface area contributed by atoms with E-state index in [-0.39, 0.29) is 5.95 Å². The third-order valence-electron chi connectivity index (χ3n) is 2.44. The Kier molecular flexibility index (Phi) is 3.10. The fourth-order valence-electron chi connectivity index (χ4n) is 1.59. The predicted octanol–water partition coefficient (Wildman–Crippen LogP) is 0.0338. The van der Waals surface area contributed by atoms with Gasteiger partial charge in [0.2, 0.25) is 10.0 Å². The minimum atomic E-state index is -3.40. The van der Waals surface area contributed by atoms with E-state index in [1.165, 1.54) is 0 Å². The van der Waals surface area contributed by atoms with E-state index < -0.39 is 15.3 Å². The second kappa shape index (κ2) is 4.38. The minimum absolute atomic E-state index is 0.101. The van der Waals surface area contributed by atoms with Crippen LogP contribution in [-0.4, -0.2) is 42.1 Å². The summed E-state index contributed by atoms with van der Waals surface area (Å²) in [6.07, 6.45) is 1.03. The number of sulfonamides is 1. The van der Waals surface area contributed by atoms with Crippen molar-refractivity contribution in [3.63, 3.8) is 0 Å². The number of nitrogens with one attached hydrogen (secondary N) is 2. The van der Waals surface area contributed by atoms with Gasteiger partial charge in [-0.25, -0.2) is 13.1 Å². The normalized spacial score (nSPS) is 18.6. The molecule has 16 heavy (non-hydrogen) atoms. The topological polar surface area (TPSA) is 97.0 Å². The molecule has 0 spiro atoms. The zero-order chi connectivity index (χ0) is 11.6. The minimum Gasteiger partial charge on any atom is -0.381 e. The molecule has 2 N–H and O–H groups in total. The summed E-state index contributed by atoms with van der Waals surface area (Å²) in [4.78, 5) is 3.90. The van der Waals surface area contributed by atoms with Crippen LogP contribution in [0.2, 0.25) is 0 Å². The van der Waals surface area contributed by atoms with E-state index in [4.69, 9.17) is 4.74 Å². The monoisotopic (exact) mass is 246 g/mol. The van der Waals surface area contributed by atoms with Crippen LogP contribution in [0, 0.1) is 6.92 Å². The quantitative estimate of drug-likeness (QED) is 0.784. The molecule has 0 radical (unpaired) electrons. The lowest BCUT2D eigenvalue weighted by Crippen LogP contribution is -2.33. The van der Waals surface area contributed by atoms with Gasteiger partial charge in [0.1, 0.15) is 5.82 Å². The molecule has 7 nitrogen and oxygen atoms in total. The van der Waals surface area contributed by atoms with Gasteiger partial charge < -0.3 is 4.74 Å². The summed E-state index contributed by atoms with van der Waals surface area (Å²) >= 11 is 0. The fraction of sp³-hybridized carbons (Fsp3) is 0.750. The summed E-state index contributed by atoms with van der Waals surface area (Å²) in [7, 11) is -3.40. The summed E-state index contributed by atoms with van der Waals surface area (Å²) in [6, 6.07) is 0. The van der Waals surface area contributed by atoms with Crippen molar-refractivity contribution < 1.29 is 13.2 Å². The molecule has 0 saturated carbocycles. The Balaban J connectivity index is 2.07. The van der Waals surface area contributed by atoms with Crippen molar-refractivity contribution in [3.8, 4) is 0 Å². The van der Waals surface area contributed by atoms with Crippen molar-refractivity contribution in [3.05, 3.63) is 5.82 Å². The molecular weight excluding hydrogens is 232 g/mol. The van der Waals surface area contributed by atoms with E-state index in [9.17, 15) is 8.42 Å². The van der Waals surface area contributed by atoms with Crippen LogP contribution in [-0.2, 0) is 14.8 Å². The van der Waals surface area contributed by atoms with Crippen LogP contribution < -0.4 is 4.72 Å². The molecule has 0 unspecified atom stereocenters. The predicted molar refractivity (Wildman–Crippen MR) is 57.5 cm³/mol. The molecule has 2 rings (SSSR count). The van der Waals surface area contributed by atoms with Crippen LogP contribution in [0.15, 0.2) is 0 Å². The maximum Gasteiger partial charge on any atom is 0.255 e. The molecule has 90 valence electrons. The number of rotatable bonds is 3. The van der Waals surface area contributed by atoms with Crippen molar-refractivity contribution in [2.45, 2.75) is 25.0 Å². The summed E-state index contributed by atoms with van der Waals surface area (Å²) in [5.74, 6) is 0.675. The number of H-pyrrole nitrogens is 1. The average Bonchev–Trinajstić information content (AvgIpc) is 2.64. The highest BCUT2D eigenvalue weighted by Gasteiger charge is 2.28. The van der Waals surface area contributed by atoms with E-state index >= 15 is 0 Å². The Morgan fingerprint density at radius 1 is 1.44 bits per heavy atom. The molecule has 0 amide bonds. The number of anilines is 1. The molecule has 1 aliphatic rings. The average molecular weight is 246 g/mol. The second-order valence-corrected chi connectivity index (χ2v) is 5.66. The molecule has 0 aromatic carbocycles. The van der Waals surface area contributed by atoms with Crippen LogP contribution in [0.5, 0.6) is 0 Å². The van der Waals surface area contributed by atoms with Gasteiger partial charge in [0.15, 0.2) is 0 Å². The molecule has 0 atom stereocenters. The SMILES string of the molecule is Cc1nc(NS(=O)(=O)C2CCOCC2)n[nH]1. The van der Waals surface area contributed by atoms with Crippen LogP contribution in [0.1, 0.15) is 18.7 Å². The summed E-state index contributed by atoms with van der Waals surface area (Å²) < 4.78 is 31.3. The third kappa shape index (κ3) is 2.50. The van der Waals surface area contributed by atoms with Crippen LogP contribution in [0.4, 0.5) is 5.95 Å². The third-order valence-corrected chi connectivity index (χ3v) is 4.25. The number of aryl methyl sites for hydroxylation is 1. The summed E-state index contributed by atoms with van der Waals surface area (Å²) in [6.45, 7) is 2.68. The van der Waals surface area contributed by atoms with E-state index in [2.05, 4.69) is 19.9 Å². The standard InChI is InChI=1S/C8H14N4O3S/c1-6-9-8(11-10-6)12-16(13,14)7-2-4-15-5-3-7/h7H,2-5H2,1H3,(H2,9,10,11,12). The van der Waals surface area contributed by atoms with Crippen molar-refractivity contribution in [1.29, 1.82) is 0 Å². The van der Waals surface area contributed by atoms with Gasteiger partial charge in [0, 0.05) is 13.2 Å². The molecule has 1 aromatic heterocycles. The van der Waals surface area contributed by atoms with Gasteiger partial charge in [-0.15, -0.1) is 5.10 Å². The van der Waals surface area contributed by atoms with Crippen molar-refractivity contribution in [1.82, 2.24) is 15.2 Å². The number of hydrogen-bond acceptors (Lipinski definition) is 5. The first-order valence-electron chi connectivity index (χ1n) is 5.06. The first-order chi connectivity index (χ1) is 7.58. The molecular formula is C8H14N4O3S. The molecule has 8 heteroatoms. The van der Waals surface area contributed by atoms with Crippen LogP contribution in [0.3, 0.4) is 0 Å². The molecule has 1 saturated heterocycles. The summed E-state index contributed by atoms with van der Waals surface area (Å²) in [5.41, 5.74) is 0. The van der Waals surface area contributed by atoms with Gasteiger partial charge in [0.05, 0.1) is 5.25 Å². The Hall–Kier alpha value is -1.15. The van der Waals surface area contributed by atoms with Gasteiger partial charge >= 0.3 is 0 Å². The highest BCUT2D eigenvalue weighted by Crippen LogP contribution is 2.17. The smallest absolute Gasteiger partial charge is 0.255 e. The highest BCUT2D eigenvalue weighted by molar-refractivity contribution is 7.93. The molecule has 1 aromatic rings. The molecule has 1 aliphatic heterocycles. The number of ether oxygens (including phenoxy) is 1. The van der Waals surface area contributed by atoms with Gasteiger partial charge in [-0.1, -0.05) is 0 Å². The largest absolute Gasteiger partial charge is 0.381 e. The number of aromatic amines is 1. The number of nitrogens with zero attached hydrogens (tertiary/aromatic N) is 2. The zero-order valence-electron chi connectivity index (χ0n) is 8.93. The summed E-state index contributed by atoms with van der Waals surface area (Å²) in [5, 5.41) is 5.90. The van der Waals surface area contributed by atoms with Crippen molar-refractivity contribution >= 4 is 16.0 Å². The first-order valence-corrected chi connectivity index (χ1v) is 6.61. The van der Waals surface area contributed by atoms with E-state index in [0.29, 0.717) is 31.9 Å². The van der Waals surface area contributed by atoms with Crippen LogP contribution >= 0.6 is 0 Å². The number of aromatic nitrogens is 3. The maximum atomic E-state index is 11.9. The molecule has 2 heterocycles. The van der Waals surface area contributed by atoms with Gasteiger partial charge in [0.25, 0.3) is 5.95 Å². The molecule has 0 bridgehead atoms. The van der Waals surface area contributed by atoms with Crippen LogP contribution in [0.25, 0.3) is 0 Å². The lowest BCUT2D eigenvalue weighted by Gasteiger charge is -2.21. The number of hydrogen-bond donors (Lipinski definition) is 2. The second-order valence-electron chi connectivity index (χ2n) is 3.70. The Morgan fingerprint density at radius 2 is 2.12 bits per heavy atom. The van der Waals surface area contributed by atoms with E-state index in [1.54, 1.807) is 6.92 Å². The lowest BCUT2D eigenvalue weighted by atomic mass is 10.2. The van der Waals surface area contributed by atoms with E-state index in [0.717, 1.165) is 0 Å². The Bertz CT molecular complexity index is 450. The lowest BCUT2D eigenvalue weighted by molar-refractivity contribution is 0.0984. The zero-order valence-corrected chi connectivity index (χ0v) is 9.75. The first kappa shape index (κ1) is 11.3. The van der Waals surface area contributed by atoms with Gasteiger partial charge in [-0.3, -0.25) is 5.10 Å². The Morgan fingerprint density at radius 3 is 2.69 bits per heavy atom.